The molecule has 78 valence electrons. The third-order valence-corrected chi connectivity index (χ3v) is 2.20. The largest absolute Gasteiger partial charge is 0.492 e. The van der Waals surface area contributed by atoms with Gasteiger partial charge in [0.15, 0.2) is 0 Å². The van der Waals surface area contributed by atoms with Gasteiger partial charge in [0.2, 0.25) is 0 Å². The van der Waals surface area contributed by atoms with Gasteiger partial charge in [0.25, 0.3) is 0 Å². The van der Waals surface area contributed by atoms with Crippen LogP contribution in [0, 0.1) is 0 Å². The van der Waals surface area contributed by atoms with Gasteiger partial charge in [0, 0.05) is 0 Å². The van der Waals surface area contributed by atoms with E-state index in [-0.39, 0.29) is 0 Å². The van der Waals surface area contributed by atoms with E-state index < -0.39 is 0 Å². The van der Waals surface area contributed by atoms with E-state index in [4.69, 9.17) is 9.94 Å². The molecule has 2 aromatic carbocycles. The summed E-state index contributed by atoms with van der Waals surface area (Å²) in [5.41, 5.74) is 2.05. The lowest BCUT2D eigenvalue weighted by Gasteiger charge is -2.06. The lowest BCUT2D eigenvalue weighted by atomic mass is 10.1. The van der Waals surface area contributed by atoms with Crippen molar-refractivity contribution < 1.29 is 9.94 Å². The average molecular weight is 203 g/mol. The molecule has 3 nitrogen and oxygen atoms in total. The van der Waals surface area contributed by atoms with Gasteiger partial charge < -0.3 is 9.94 Å². The van der Waals surface area contributed by atoms with E-state index in [1.165, 1.54) is 5.39 Å². The molecule has 0 heterocycles. The Morgan fingerprint density at radius 3 is 2.67 bits per heavy atom. The topological polar surface area (TPSA) is 41.5 Å². The van der Waals surface area contributed by atoms with Gasteiger partial charge >= 0.3 is 0 Å². The summed E-state index contributed by atoms with van der Waals surface area (Å²) in [4.78, 5) is 0. The van der Waals surface area contributed by atoms with Crippen LogP contribution in [0.4, 0.5) is 0 Å². The lowest BCUT2D eigenvalue weighted by molar-refractivity contribution is 0.145. The van der Waals surface area contributed by atoms with Crippen molar-refractivity contribution in [2.24, 2.45) is 0 Å². The first-order valence-corrected chi connectivity index (χ1v) is 4.89. The minimum absolute atomic E-state index is 0.423. The molecule has 0 aliphatic heterocycles. The van der Waals surface area contributed by atoms with Crippen LogP contribution in [0.3, 0.4) is 0 Å². The van der Waals surface area contributed by atoms with Crippen LogP contribution in [0.25, 0.3) is 10.8 Å². The number of hydroxylamine groups is 1. The highest BCUT2D eigenvalue weighted by Gasteiger charge is 1.96. The van der Waals surface area contributed by atoms with Crippen LogP contribution in [0.2, 0.25) is 0 Å². The fourth-order valence-electron chi connectivity index (χ4n) is 1.47. The van der Waals surface area contributed by atoms with Gasteiger partial charge in [-0.3, -0.25) is 0 Å². The highest BCUT2D eigenvalue weighted by Crippen LogP contribution is 2.20. The standard InChI is InChI=1S/C12H13NO2/c14-13-7-8-15-12-6-5-10-3-1-2-4-11(10)9-12/h1-6,9,13-14H,7-8H2. The zero-order chi connectivity index (χ0) is 10.5. The fraction of sp³-hybridized carbons (Fsp3) is 0.167. The summed E-state index contributed by atoms with van der Waals surface area (Å²) < 4.78 is 5.43. The second-order valence-electron chi connectivity index (χ2n) is 3.27. The second kappa shape index (κ2) is 4.77. The van der Waals surface area contributed by atoms with Gasteiger partial charge in [-0.1, -0.05) is 30.3 Å². The van der Waals surface area contributed by atoms with Crippen LogP contribution in [0.15, 0.2) is 42.5 Å². The van der Waals surface area contributed by atoms with Crippen molar-refractivity contribution in [1.29, 1.82) is 0 Å². The summed E-state index contributed by atoms with van der Waals surface area (Å²) in [5.74, 6) is 0.823. The predicted octanol–water partition coefficient (Wildman–Crippen LogP) is 2.20. The first-order chi connectivity index (χ1) is 7.40. The summed E-state index contributed by atoms with van der Waals surface area (Å²) in [7, 11) is 0. The first kappa shape index (κ1) is 9.96. The average Bonchev–Trinajstić information content (AvgIpc) is 2.29. The number of rotatable bonds is 4. The maximum Gasteiger partial charge on any atom is 0.120 e. The molecule has 3 heteroatoms. The SMILES string of the molecule is ONCCOc1ccc2ccccc2c1. The molecular weight excluding hydrogens is 190 g/mol. The molecule has 2 aromatic rings. The van der Waals surface area contributed by atoms with Gasteiger partial charge in [-0.05, 0) is 22.9 Å². The van der Waals surface area contributed by atoms with Gasteiger partial charge in [-0.25, -0.2) is 5.48 Å². The van der Waals surface area contributed by atoms with Crippen molar-refractivity contribution >= 4 is 10.8 Å². The minimum Gasteiger partial charge on any atom is -0.492 e. The van der Waals surface area contributed by atoms with Gasteiger partial charge in [-0.15, -0.1) is 0 Å². The minimum atomic E-state index is 0.423. The summed E-state index contributed by atoms with van der Waals surface area (Å²) in [6, 6.07) is 14.1. The maximum absolute atomic E-state index is 8.39. The van der Waals surface area contributed by atoms with Crippen molar-refractivity contribution in [2.45, 2.75) is 0 Å². The third-order valence-electron chi connectivity index (χ3n) is 2.20. The summed E-state index contributed by atoms with van der Waals surface area (Å²) in [5, 5.41) is 10.7. The second-order valence-corrected chi connectivity index (χ2v) is 3.27. The molecule has 0 spiro atoms. The molecule has 15 heavy (non-hydrogen) atoms. The molecule has 0 radical (unpaired) electrons. The Hall–Kier alpha value is -1.58. The maximum atomic E-state index is 8.39. The number of hydrogen-bond acceptors (Lipinski definition) is 3. The number of ether oxygens (including phenoxy) is 1. The fourth-order valence-corrected chi connectivity index (χ4v) is 1.47. The molecule has 2 N–H and O–H groups in total. The van der Waals surface area contributed by atoms with Crippen molar-refractivity contribution in [3.8, 4) is 5.75 Å². The van der Waals surface area contributed by atoms with E-state index in [2.05, 4.69) is 11.5 Å². The molecule has 0 aromatic heterocycles. The number of fused-ring (bicyclic) bond motifs is 1. The molecule has 0 aliphatic carbocycles. The molecule has 0 unspecified atom stereocenters. The molecule has 0 saturated heterocycles. The van der Waals surface area contributed by atoms with Crippen molar-refractivity contribution in [2.75, 3.05) is 13.2 Å². The van der Waals surface area contributed by atoms with E-state index in [0.717, 1.165) is 11.1 Å². The molecule has 0 bridgehead atoms. The highest BCUT2D eigenvalue weighted by molar-refractivity contribution is 5.83. The summed E-state index contributed by atoms with van der Waals surface area (Å²) in [6.07, 6.45) is 0. The smallest absolute Gasteiger partial charge is 0.120 e. The molecular formula is C12H13NO2. The number of hydrogen-bond donors (Lipinski definition) is 2. The molecule has 0 amide bonds. The first-order valence-electron chi connectivity index (χ1n) is 4.89. The Kier molecular flexibility index (Phi) is 3.17. The van der Waals surface area contributed by atoms with Crippen LogP contribution in [0.1, 0.15) is 0 Å². The normalized spacial score (nSPS) is 10.5. The van der Waals surface area contributed by atoms with Gasteiger partial charge in [0.05, 0.1) is 6.54 Å². The van der Waals surface area contributed by atoms with E-state index in [1.54, 1.807) is 0 Å². The lowest BCUT2D eigenvalue weighted by Crippen LogP contribution is -2.16. The van der Waals surface area contributed by atoms with Crippen LogP contribution >= 0.6 is 0 Å². The van der Waals surface area contributed by atoms with Crippen LogP contribution < -0.4 is 10.2 Å². The Bertz CT molecular complexity index is 442. The highest BCUT2D eigenvalue weighted by atomic mass is 16.5. The van der Waals surface area contributed by atoms with Gasteiger partial charge in [-0.2, -0.15) is 0 Å². The summed E-state index contributed by atoms with van der Waals surface area (Å²) >= 11 is 0. The van der Waals surface area contributed by atoms with Crippen LogP contribution in [0.5, 0.6) is 5.75 Å². The van der Waals surface area contributed by atoms with Crippen molar-refractivity contribution in [3.05, 3.63) is 42.5 Å². The van der Waals surface area contributed by atoms with Crippen LogP contribution in [-0.4, -0.2) is 18.4 Å². The molecule has 0 atom stereocenters. The quantitative estimate of drug-likeness (QED) is 0.591. The van der Waals surface area contributed by atoms with E-state index >= 15 is 0 Å². The van der Waals surface area contributed by atoms with Crippen molar-refractivity contribution in [3.63, 3.8) is 0 Å². The van der Waals surface area contributed by atoms with Crippen molar-refractivity contribution in [1.82, 2.24) is 5.48 Å². The van der Waals surface area contributed by atoms with Gasteiger partial charge in [0.1, 0.15) is 12.4 Å². The van der Waals surface area contributed by atoms with E-state index in [0.29, 0.717) is 13.2 Å². The molecule has 0 saturated carbocycles. The van der Waals surface area contributed by atoms with Crippen LogP contribution in [-0.2, 0) is 0 Å². The zero-order valence-electron chi connectivity index (χ0n) is 8.31. The zero-order valence-corrected chi connectivity index (χ0v) is 8.31. The molecule has 0 fully saturated rings. The predicted molar refractivity (Wildman–Crippen MR) is 59.2 cm³/mol. The Morgan fingerprint density at radius 2 is 1.87 bits per heavy atom. The number of benzene rings is 2. The third kappa shape index (κ3) is 2.46. The number of nitrogens with one attached hydrogen (secondary N) is 1. The monoisotopic (exact) mass is 203 g/mol. The molecule has 0 aliphatic rings. The Balaban J connectivity index is 2.16. The Labute approximate surface area is 88.3 Å². The Morgan fingerprint density at radius 1 is 1.07 bits per heavy atom. The molecule has 2 rings (SSSR count). The summed E-state index contributed by atoms with van der Waals surface area (Å²) in [6.45, 7) is 0.877. The van der Waals surface area contributed by atoms with E-state index in [1.807, 2.05) is 36.4 Å². The van der Waals surface area contributed by atoms with E-state index in [9.17, 15) is 0 Å².